The van der Waals surface area contributed by atoms with Crippen LogP contribution in [0.4, 0.5) is 0 Å². The van der Waals surface area contributed by atoms with E-state index in [2.05, 4.69) is 9.99 Å². The fourth-order valence-corrected chi connectivity index (χ4v) is 0.941. The average molecular weight is 186 g/mol. The van der Waals surface area contributed by atoms with Gasteiger partial charge in [-0.25, -0.2) is 0 Å². The van der Waals surface area contributed by atoms with Gasteiger partial charge in [0.25, 0.3) is 0 Å². The molecule has 4 heteroatoms. The lowest BCUT2D eigenvalue weighted by atomic mass is 10.1. The van der Waals surface area contributed by atoms with E-state index in [-0.39, 0.29) is 11.8 Å². The number of nitrogens with zero attached hydrogens (tertiary/aromatic N) is 1. The zero-order valence-electron chi connectivity index (χ0n) is 8.54. The summed E-state index contributed by atoms with van der Waals surface area (Å²) in [6.07, 6.45) is 2.20. The van der Waals surface area contributed by atoms with Gasteiger partial charge >= 0.3 is 0 Å². The van der Waals surface area contributed by atoms with E-state index < -0.39 is 0 Å². The Kier molecular flexibility index (Phi) is 6.14. The van der Waals surface area contributed by atoms with E-state index in [0.717, 1.165) is 18.6 Å². The van der Waals surface area contributed by atoms with E-state index in [9.17, 15) is 4.79 Å². The minimum atomic E-state index is -0.367. The van der Waals surface area contributed by atoms with Gasteiger partial charge in [-0.3, -0.25) is 4.79 Å². The van der Waals surface area contributed by atoms with Crippen LogP contribution in [0, 0.1) is 0 Å². The Labute approximate surface area is 79.1 Å². The molecule has 0 saturated heterocycles. The highest BCUT2D eigenvalue weighted by atomic mass is 16.6. The topological polar surface area (TPSA) is 64.7 Å². The van der Waals surface area contributed by atoms with Crippen LogP contribution in [0.5, 0.6) is 0 Å². The number of carbonyl (C=O) groups excluding carboxylic acids is 1. The van der Waals surface area contributed by atoms with Gasteiger partial charge in [-0.15, -0.1) is 0 Å². The maximum atomic E-state index is 10.8. The maximum absolute atomic E-state index is 10.8. The molecule has 76 valence electrons. The molecule has 0 aromatic carbocycles. The van der Waals surface area contributed by atoms with E-state index >= 15 is 0 Å². The van der Waals surface area contributed by atoms with Gasteiger partial charge in [-0.2, -0.15) is 0 Å². The first-order chi connectivity index (χ1) is 6.11. The fraction of sp³-hybridized carbons (Fsp3) is 0.778. The lowest BCUT2D eigenvalue weighted by Crippen LogP contribution is -2.28. The van der Waals surface area contributed by atoms with Gasteiger partial charge in [-0.1, -0.05) is 12.1 Å². The molecule has 0 fully saturated rings. The molecule has 1 atom stereocenters. The Balaban J connectivity index is 3.85. The van der Waals surface area contributed by atoms with Crippen molar-refractivity contribution in [3.8, 4) is 0 Å². The van der Waals surface area contributed by atoms with Crippen LogP contribution in [0.25, 0.3) is 0 Å². The molecule has 0 saturated carbocycles. The molecule has 0 rings (SSSR count). The van der Waals surface area contributed by atoms with Gasteiger partial charge in [0.15, 0.2) is 0 Å². The zero-order valence-corrected chi connectivity index (χ0v) is 8.54. The summed E-state index contributed by atoms with van der Waals surface area (Å²) < 4.78 is 0. The van der Waals surface area contributed by atoms with Crippen LogP contribution in [-0.4, -0.2) is 24.6 Å². The molecule has 0 aromatic heterocycles. The smallest absolute Gasteiger partial charge is 0.146 e. The van der Waals surface area contributed by atoms with Crippen LogP contribution in [0.1, 0.15) is 33.1 Å². The van der Waals surface area contributed by atoms with E-state index in [4.69, 9.17) is 5.73 Å². The van der Waals surface area contributed by atoms with Crippen LogP contribution < -0.4 is 5.73 Å². The normalized spacial score (nSPS) is 14.0. The SMILES string of the molecule is CCC(CC[C@H](N)C(C)=O)=NOC. The summed E-state index contributed by atoms with van der Waals surface area (Å²) in [6.45, 7) is 3.50. The molecular formula is C9H18N2O2. The summed E-state index contributed by atoms with van der Waals surface area (Å²) in [5, 5.41) is 3.82. The van der Waals surface area contributed by atoms with Gasteiger partial charge in [0.05, 0.1) is 11.8 Å². The third-order valence-electron chi connectivity index (χ3n) is 1.89. The highest BCUT2D eigenvalue weighted by Crippen LogP contribution is 2.01. The van der Waals surface area contributed by atoms with Gasteiger partial charge < -0.3 is 10.6 Å². The van der Waals surface area contributed by atoms with Crippen molar-refractivity contribution in [1.82, 2.24) is 0 Å². The van der Waals surface area contributed by atoms with Crippen molar-refractivity contribution in [2.75, 3.05) is 7.11 Å². The molecule has 0 aliphatic carbocycles. The van der Waals surface area contributed by atoms with Crippen molar-refractivity contribution < 1.29 is 9.63 Å². The third-order valence-corrected chi connectivity index (χ3v) is 1.89. The standard InChI is InChI=1S/C9H18N2O2/c1-4-8(11-13-3)5-6-9(10)7(2)12/h9H,4-6,10H2,1-3H3/t9-/m0/s1. The van der Waals surface area contributed by atoms with Gasteiger partial charge in [-0.05, 0) is 26.2 Å². The Morgan fingerprint density at radius 3 is 2.62 bits per heavy atom. The summed E-state index contributed by atoms with van der Waals surface area (Å²) in [6, 6.07) is -0.367. The zero-order chi connectivity index (χ0) is 10.3. The van der Waals surface area contributed by atoms with Crippen LogP contribution >= 0.6 is 0 Å². The minimum absolute atomic E-state index is 0.0212. The van der Waals surface area contributed by atoms with Gasteiger partial charge in [0, 0.05) is 0 Å². The first-order valence-corrected chi connectivity index (χ1v) is 4.46. The number of ketones is 1. The highest BCUT2D eigenvalue weighted by molar-refractivity contribution is 5.85. The monoisotopic (exact) mass is 186 g/mol. The summed E-state index contributed by atoms with van der Waals surface area (Å²) >= 11 is 0. The van der Waals surface area contributed by atoms with Gasteiger partial charge in [0.2, 0.25) is 0 Å². The number of hydrogen-bond acceptors (Lipinski definition) is 4. The Bertz CT molecular complexity index is 190. The molecule has 0 bridgehead atoms. The predicted molar refractivity (Wildman–Crippen MR) is 52.6 cm³/mol. The molecule has 0 radical (unpaired) electrons. The summed E-state index contributed by atoms with van der Waals surface area (Å²) in [4.78, 5) is 15.5. The minimum Gasteiger partial charge on any atom is -0.399 e. The number of hydrogen-bond donors (Lipinski definition) is 1. The fourth-order valence-electron chi connectivity index (χ4n) is 0.941. The van der Waals surface area contributed by atoms with E-state index in [1.807, 2.05) is 6.92 Å². The van der Waals surface area contributed by atoms with Crippen molar-refractivity contribution in [1.29, 1.82) is 0 Å². The quantitative estimate of drug-likeness (QED) is 0.499. The Hall–Kier alpha value is -0.900. The van der Waals surface area contributed by atoms with Crippen LogP contribution in [-0.2, 0) is 9.63 Å². The molecule has 4 nitrogen and oxygen atoms in total. The molecule has 2 N–H and O–H groups in total. The first kappa shape index (κ1) is 12.1. The van der Waals surface area contributed by atoms with E-state index in [1.165, 1.54) is 14.0 Å². The second-order valence-corrected chi connectivity index (χ2v) is 2.95. The van der Waals surface area contributed by atoms with Crippen LogP contribution in [0.15, 0.2) is 5.16 Å². The number of Topliss-reactive ketones (excluding diaryl/α,β-unsaturated/α-hetero) is 1. The first-order valence-electron chi connectivity index (χ1n) is 4.46. The molecule has 0 spiro atoms. The molecule has 0 amide bonds. The molecule has 0 aliphatic heterocycles. The number of rotatable bonds is 6. The average Bonchev–Trinajstić information content (AvgIpc) is 2.11. The molecule has 0 heterocycles. The van der Waals surface area contributed by atoms with Crippen molar-refractivity contribution in [3.63, 3.8) is 0 Å². The van der Waals surface area contributed by atoms with E-state index in [1.54, 1.807) is 0 Å². The van der Waals surface area contributed by atoms with Crippen molar-refractivity contribution in [3.05, 3.63) is 0 Å². The largest absolute Gasteiger partial charge is 0.399 e. The Morgan fingerprint density at radius 2 is 2.23 bits per heavy atom. The van der Waals surface area contributed by atoms with Gasteiger partial charge in [0.1, 0.15) is 12.9 Å². The molecule has 0 unspecified atom stereocenters. The second-order valence-electron chi connectivity index (χ2n) is 2.95. The molecule has 0 aliphatic rings. The van der Waals surface area contributed by atoms with Crippen molar-refractivity contribution in [2.45, 2.75) is 39.2 Å². The maximum Gasteiger partial charge on any atom is 0.146 e. The lowest BCUT2D eigenvalue weighted by Gasteiger charge is -2.07. The third kappa shape index (κ3) is 5.36. The molecular weight excluding hydrogens is 168 g/mol. The second kappa shape index (κ2) is 6.60. The summed E-state index contributed by atoms with van der Waals surface area (Å²) in [7, 11) is 1.51. The van der Waals surface area contributed by atoms with E-state index in [0.29, 0.717) is 6.42 Å². The molecule has 13 heavy (non-hydrogen) atoms. The predicted octanol–water partition coefficient (Wildman–Crippen LogP) is 1.10. The number of carbonyl (C=O) groups is 1. The van der Waals surface area contributed by atoms with Crippen LogP contribution in [0.2, 0.25) is 0 Å². The lowest BCUT2D eigenvalue weighted by molar-refractivity contribution is -0.118. The summed E-state index contributed by atoms with van der Waals surface area (Å²) in [5.74, 6) is 0.0212. The van der Waals surface area contributed by atoms with Crippen molar-refractivity contribution >= 4 is 11.5 Å². The highest BCUT2D eigenvalue weighted by Gasteiger charge is 2.09. The summed E-state index contributed by atoms with van der Waals surface area (Å²) in [5.41, 5.74) is 6.51. The number of oxime groups is 1. The molecule has 0 aromatic rings. The van der Waals surface area contributed by atoms with Crippen molar-refractivity contribution in [2.24, 2.45) is 10.9 Å². The van der Waals surface area contributed by atoms with Crippen LogP contribution in [0.3, 0.4) is 0 Å². The Morgan fingerprint density at radius 1 is 1.62 bits per heavy atom. The number of nitrogens with two attached hydrogens (primary N) is 1.